The largest absolute Gasteiger partial charge is 0.333 e. The normalized spacial score (nSPS) is 19.9. The second kappa shape index (κ2) is 8.85. The Balaban J connectivity index is 1.33. The summed E-state index contributed by atoms with van der Waals surface area (Å²) in [5.74, 6) is 2.13. The fourth-order valence-corrected chi connectivity index (χ4v) is 3.65. The third-order valence-corrected chi connectivity index (χ3v) is 5.16. The van der Waals surface area contributed by atoms with Crippen LogP contribution in [0.5, 0.6) is 0 Å². The van der Waals surface area contributed by atoms with Gasteiger partial charge in [0.2, 0.25) is 0 Å². The summed E-state index contributed by atoms with van der Waals surface area (Å²) in [6, 6.07) is 14.4. The maximum absolute atomic E-state index is 11.6. The van der Waals surface area contributed by atoms with E-state index < -0.39 is 0 Å². The van der Waals surface area contributed by atoms with E-state index in [0.717, 1.165) is 43.7 Å². The first-order valence-electron chi connectivity index (χ1n) is 9.64. The van der Waals surface area contributed by atoms with Gasteiger partial charge in [0.1, 0.15) is 11.6 Å². The van der Waals surface area contributed by atoms with Crippen LogP contribution in [0.1, 0.15) is 17.5 Å². The van der Waals surface area contributed by atoms with Crippen molar-refractivity contribution in [1.29, 1.82) is 0 Å². The van der Waals surface area contributed by atoms with Crippen LogP contribution in [0, 0.1) is 0 Å². The summed E-state index contributed by atoms with van der Waals surface area (Å²) >= 11 is 0. The monoisotopic (exact) mass is 376 g/mol. The Morgan fingerprint density at radius 3 is 2.86 bits per heavy atom. The van der Waals surface area contributed by atoms with Gasteiger partial charge in [-0.05, 0) is 43.2 Å². The Bertz CT molecular complexity index is 863. The van der Waals surface area contributed by atoms with Crippen molar-refractivity contribution in [2.24, 2.45) is 0 Å². The van der Waals surface area contributed by atoms with E-state index >= 15 is 0 Å². The molecule has 3 heterocycles. The maximum Gasteiger partial charge on any atom is 0.178 e. The van der Waals surface area contributed by atoms with Crippen molar-refractivity contribution in [3.8, 4) is 0 Å². The van der Waals surface area contributed by atoms with Crippen molar-refractivity contribution in [2.45, 2.75) is 19.1 Å². The van der Waals surface area contributed by atoms with Crippen LogP contribution in [0.2, 0.25) is 0 Å². The molecular formula is C22H24N4O2. The van der Waals surface area contributed by atoms with Crippen LogP contribution >= 0.6 is 0 Å². The molecule has 6 heteroatoms. The minimum Gasteiger partial charge on any atom is -0.333 e. The molecule has 1 saturated heterocycles. The summed E-state index contributed by atoms with van der Waals surface area (Å²) in [5.41, 5.74) is 6.77. The fourth-order valence-electron chi connectivity index (χ4n) is 3.65. The SMILES string of the molecule is O=C=C1CN(CCCc2ccccc2)CCN1C1C=C(c2cccnc2)NO1. The highest BCUT2D eigenvalue weighted by atomic mass is 16.7. The number of carbonyl (C=O) groups excluding carboxylic acids is 1. The third kappa shape index (κ3) is 4.31. The van der Waals surface area contributed by atoms with Crippen LogP contribution in [0.25, 0.3) is 5.70 Å². The van der Waals surface area contributed by atoms with E-state index in [1.54, 1.807) is 12.4 Å². The number of benzene rings is 1. The first kappa shape index (κ1) is 18.4. The molecule has 0 amide bonds. The lowest BCUT2D eigenvalue weighted by Crippen LogP contribution is -2.49. The van der Waals surface area contributed by atoms with Crippen LogP contribution < -0.4 is 5.48 Å². The highest BCUT2D eigenvalue weighted by Crippen LogP contribution is 2.24. The fraction of sp³-hybridized carbons (Fsp3) is 0.318. The van der Waals surface area contributed by atoms with E-state index in [1.165, 1.54) is 5.56 Å². The van der Waals surface area contributed by atoms with Crippen molar-refractivity contribution in [3.63, 3.8) is 0 Å². The molecule has 1 aromatic carbocycles. The lowest BCUT2D eigenvalue weighted by atomic mass is 10.1. The lowest BCUT2D eigenvalue weighted by molar-refractivity contribution is -0.0449. The van der Waals surface area contributed by atoms with Gasteiger partial charge in [-0.2, -0.15) is 0 Å². The first-order chi connectivity index (χ1) is 13.8. The molecular weight excluding hydrogens is 352 g/mol. The molecule has 2 aromatic rings. The van der Waals surface area contributed by atoms with Crippen LogP contribution in [-0.4, -0.2) is 53.1 Å². The number of rotatable bonds is 6. The second-order valence-electron chi connectivity index (χ2n) is 7.04. The average Bonchev–Trinajstić information content (AvgIpc) is 3.25. The highest BCUT2D eigenvalue weighted by molar-refractivity contribution is 5.64. The molecule has 2 aliphatic rings. The highest BCUT2D eigenvalue weighted by Gasteiger charge is 2.30. The molecule has 28 heavy (non-hydrogen) atoms. The number of nitrogens with zero attached hydrogens (tertiary/aromatic N) is 3. The molecule has 1 N–H and O–H groups in total. The predicted octanol–water partition coefficient (Wildman–Crippen LogP) is 2.25. The molecule has 1 unspecified atom stereocenters. The number of nitrogens with one attached hydrogen (secondary N) is 1. The van der Waals surface area contributed by atoms with E-state index in [9.17, 15) is 4.79 Å². The number of aromatic nitrogens is 1. The number of hydrogen-bond donors (Lipinski definition) is 1. The molecule has 1 fully saturated rings. The molecule has 0 spiro atoms. The lowest BCUT2D eigenvalue weighted by Gasteiger charge is -2.38. The molecule has 2 aliphatic heterocycles. The van der Waals surface area contributed by atoms with Gasteiger partial charge in [0.15, 0.2) is 6.23 Å². The van der Waals surface area contributed by atoms with E-state index in [2.05, 4.69) is 45.6 Å². The third-order valence-electron chi connectivity index (χ3n) is 5.16. The standard InChI is InChI=1S/C22H24N4O2/c27-17-20-16-25(11-5-8-18-6-2-1-3-7-18)12-13-26(20)22-14-21(24-28-22)19-9-4-10-23-15-19/h1-4,6-7,9-10,14-15,22,24H,5,8,11-13,16H2. The number of hydrogen-bond acceptors (Lipinski definition) is 6. The summed E-state index contributed by atoms with van der Waals surface area (Å²) in [4.78, 5) is 25.7. The smallest absolute Gasteiger partial charge is 0.178 e. The van der Waals surface area contributed by atoms with Crippen molar-refractivity contribution in [3.05, 3.63) is 77.8 Å². The summed E-state index contributed by atoms with van der Waals surface area (Å²) in [7, 11) is 0. The minimum absolute atomic E-state index is 0.307. The maximum atomic E-state index is 11.6. The van der Waals surface area contributed by atoms with Crippen LogP contribution in [0.15, 0.2) is 66.6 Å². The minimum atomic E-state index is -0.307. The van der Waals surface area contributed by atoms with Crippen molar-refractivity contribution >= 4 is 11.6 Å². The Morgan fingerprint density at radius 1 is 1.18 bits per heavy atom. The molecule has 1 aromatic heterocycles. The van der Waals surface area contributed by atoms with Gasteiger partial charge >= 0.3 is 0 Å². The van der Waals surface area contributed by atoms with Gasteiger partial charge < -0.3 is 4.90 Å². The topological polar surface area (TPSA) is 57.7 Å². The number of aryl methyl sites for hydroxylation is 1. The van der Waals surface area contributed by atoms with Crippen molar-refractivity contribution in [1.82, 2.24) is 20.3 Å². The van der Waals surface area contributed by atoms with E-state index in [0.29, 0.717) is 12.2 Å². The molecule has 4 rings (SSSR count). The van der Waals surface area contributed by atoms with E-state index in [-0.39, 0.29) is 6.23 Å². The number of hydroxylamine groups is 1. The van der Waals surface area contributed by atoms with Gasteiger partial charge in [-0.15, -0.1) is 0 Å². The van der Waals surface area contributed by atoms with Gasteiger partial charge in [0.25, 0.3) is 0 Å². The Hall–Kier alpha value is -2.92. The molecule has 6 nitrogen and oxygen atoms in total. The van der Waals surface area contributed by atoms with Gasteiger partial charge in [-0.25, -0.2) is 9.63 Å². The summed E-state index contributed by atoms with van der Waals surface area (Å²) in [5, 5.41) is 0. The predicted molar refractivity (Wildman–Crippen MR) is 107 cm³/mol. The second-order valence-corrected chi connectivity index (χ2v) is 7.04. The first-order valence-corrected chi connectivity index (χ1v) is 9.64. The molecule has 0 bridgehead atoms. The van der Waals surface area contributed by atoms with Gasteiger partial charge in [-0.3, -0.25) is 15.4 Å². The molecule has 1 atom stereocenters. The molecule has 0 radical (unpaired) electrons. The zero-order chi connectivity index (χ0) is 19.2. The van der Waals surface area contributed by atoms with Crippen molar-refractivity contribution in [2.75, 3.05) is 26.2 Å². The zero-order valence-electron chi connectivity index (χ0n) is 15.8. The van der Waals surface area contributed by atoms with Gasteiger partial charge in [-0.1, -0.05) is 30.3 Å². The average molecular weight is 376 g/mol. The van der Waals surface area contributed by atoms with E-state index in [4.69, 9.17) is 4.84 Å². The van der Waals surface area contributed by atoms with E-state index in [1.807, 2.05) is 29.2 Å². The van der Waals surface area contributed by atoms with Crippen LogP contribution in [-0.2, 0) is 16.1 Å². The Labute approximate surface area is 165 Å². The quantitative estimate of drug-likeness (QED) is 0.781. The van der Waals surface area contributed by atoms with Crippen molar-refractivity contribution < 1.29 is 9.63 Å². The van der Waals surface area contributed by atoms with Gasteiger partial charge in [0, 0.05) is 37.6 Å². The van der Waals surface area contributed by atoms with Crippen LogP contribution in [0.3, 0.4) is 0 Å². The molecule has 144 valence electrons. The molecule has 0 aliphatic carbocycles. The molecule has 0 saturated carbocycles. The Kier molecular flexibility index (Phi) is 5.83. The Morgan fingerprint density at radius 2 is 2.07 bits per heavy atom. The van der Waals surface area contributed by atoms with Crippen LogP contribution in [0.4, 0.5) is 0 Å². The number of pyridine rings is 1. The zero-order valence-corrected chi connectivity index (χ0v) is 15.8. The number of piperazine rings is 1. The van der Waals surface area contributed by atoms with Gasteiger partial charge in [0.05, 0.1) is 5.70 Å². The summed E-state index contributed by atoms with van der Waals surface area (Å²) in [6.07, 6.45) is 7.32. The summed E-state index contributed by atoms with van der Waals surface area (Å²) < 4.78 is 0. The summed E-state index contributed by atoms with van der Waals surface area (Å²) in [6.45, 7) is 3.21.